The van der Waals surface area contributed by atoms with Crippen LogP contribution in [0.25, 0.3) is 10.8 Å². The van der Waals surface area contributed by atoms with Crippen LogP contribution >= 0.6 is 0 Å². The summed E-state index contributed by atoms with van der Waals surface area (Å²) in [5.41, 5.74) is 0.730. The van der Waals surface area contributed by atoms with Gasteiger partial charge < -0.3 is 10.9 Å². The standard InChI is InChI=1S/C24H22N4O4/c1-24(20-5-3-2-4-6-20)22(31)27(23(32)28(24)15-21(29)30)14-17-8-10-18-9-7-16(13-26-25)11-19(18)12-17/h2-13H,14-15,25H2,1H3,(H,29,30). The monoisotopic (exact) mass is 430 g/mol. The van der Waals surface area contributed by atoms with E-state index in [0.29, 0.717) is 5.56 Å². The van der Waals surface area contributed by atoms with E-state index in [4.69, 9.17) is 5.84 Å². The number of fused-ring (bicyclic) bond motifs is 1. The van der Waals surface area contributed by atoms with Gasteiger partial charge in [0.25, 0.3) is 5.91 Å². The number of carboxylic acids is 1. The Labute approximate surface area is 184 Å². The summed E-state index contributed by atoms with van der Waals surface area (Å²) in [6.45, 7) is 1.04. The van der Waals surface area contributed by atoms with E-state index in [1.54, 1.807) is 37.3 Å². The van der Waals surface area contributed by atoms with Crippen LogP contribution in [0.3, 0.4) is 0 Å². The summed E-state index contributed by atoms with van der Waals surface area (Å²) in [5, 5.41) is 14.8. The lowest BCUT2D eigenvalue weighted by molar-refractivity contribution is -0.139. The third kappa shape index (κ3) is 3.56. The van der Waals surface area contributed by atoms with Gasteiger partial charge in [-0.15, -0.1) is 0 Å². The molecule has 1 heterocycles. The maximum atomic E-state index is 13.5. The summed E-state index contributed by atoms with van der Waals surface area (Å²) < 4.78 is 0. The van der Waals surface area contributed by atoms with Crippen LogP contribution in [0.4, 0.5) is 4.79 Å². The van der Waals surface area contributed by atoms with Crippen LogP contribution in [0.15, 0.2) is 71.8 Å². The van der Waals surface area contributed by atoms with Gasteiger partial charge in [0.15, 0.2) is 0 Å². The number of carbonyl (C=O) groups excluding carboxylic acids is 2. The molecule has 0 aliphatic carbocycles. The predicted octanol–water partition coefficient (Wildman–Crippen LogP) is 2.90. The minimum Gasteiger partial charge on any atom is -0.480 e. The first-order valence-electron chi connectivity index (χ1n) is 10.0. The van der Waals surface area contributed by atoms with E-state index < -0.39 is 30.0 Å². The van der Waals surface area contributed by atoms with E-state index in [1.807, 2.05) is 36.4 Å². The van der Waals surface area contributed by atoms with E-state index in [0.717, 1.165) is 31.7 Å². The third-order valence-corrected chi connectivity index (χ3v) is 5.79. The number of amides is 3. The minimum absolute atomic E-state index is 0.0291. The number of imide groups is 1. The SMILES string of the molecule is CC1(c2ccccc2)C(=O)N(Cc2ccc3ccc(C=NN)cc3c2)C(=O)N1CC(=O)O. The largest absolute Gasteiger partial charge is 0.480 e. The first kappa shape index (κ1) is 21.0. The highest BCUT2D eigenvalue weighted by molar-refractivity contribution is 6.08. The average Bonchev–Trinajstić information content (AvgIpc) is 2.96. The Bertz CT molecular complexity index is 1240. The number of hydrazone groups is 1. The fourth-order valence-electron chi connectivity index (χ4n) is 4.11. The van der Waals surface area contributed by atoms with E-state index in [-0.39, 0.29) is 6.54 Å². The van der Waals surface area contributed by atoms with E-state index >= 15 is 0 Å². The summed E-state index contributed by atoms with van der Waals surface area (Å²) in [7, 11) is 0. The number of carboxylic acid groups (broad SMARTS) is 1. The van der Waals surface area contributed by atoms with Crippen LogP contribution in [0, 0.1) is 0 Å². The lowest BCUT2D eigenvalue weighted by atomic mass is 9.90. The number of nitrogens with two attached hydrogens (primary N) is 1. The molecule has 3 aromatic rings. The van der Waals surface area contributed by atoms with Gasteiger partial charge in [-0.3, -0.25) is 19.4 Å². The fraction of sp³-hybridized carbons (Fsp3) is 0.167. The zero-order chi connectivity index (χ0) is 22.9. The second kappa shape index (κ2) is 8.14. The number of hydrogen-bond acceptors (Lipinski definition) is 5. The number of benzene rings is 3. The zero-order valence-electron chi connectivity index (χ0n) is 17.4. The van der Waals surface area contributed by atoms with Crippen LogP contribution in [0.2, 0.25) is 0 Å². The summed E-state index contributed by atoms with van der Waals surface area (Å²) in [4.78, 5) is 40.4. The molecule has 4 rings (SSSR count). The molecule has 1 fully saturated rings. The Morgan fingerprint density at radius 2 is 1.78 bits per heavy atom. The van der Waals surface area contributed by atoms with Gasteiger partial charge in [0.05, 0.1) is 12.8 Å². The molecule has 3 N–H and O–H groups in total. The number of urea groups is 1. The summed E-state index contributed by atoms with van der Waals surface area (Å²) in [6, 6.07) is 19.5. The molecule has 0 bridgehead atoms. The molecule has 8 nitrogen and oxygen atoms in total. The van der Waals surface area contributed by atoms with Crippen molar-refractivity contribution in [3.05, 3.63) is 83.4 Å². The van der Waals surface area contributed by atoms with E-state index in [9.17, 15) is 19.5 Å². The van der Waals surface area contributed by atoms with Crippen molar-refractivity contribution in [3.8, 4) is 0 Å². The molecule has 162 valence electrons. The van der Waals surface area contributed by atoms with Gasteiger partial charge in [0, 0.05) is 0 Å². The number of nitrogens with zero attached hydrogens (tertiary/aromatic N) is 3. The molecule has 1 saturated heterocycles. The van der Waals surface area contributed by atoms with Gasteiger partial charge in [-0.05, 0) is 46.5 Å². The Kier molecular flexibility index (Phi) is 5.36. The number of aliphatic carboxylic acids is 1. The van der Waals surface area contributed by atoms with Crippen LogP contribution in [-0.2, 0) is 21.7 Å². The highest BCUT2D eigenvalue weighted by atomic mass is 16.4. The first-order valence-corrected chi connectivity index (χ1v) is 10.0. The zero-order valence-corrected chi connectivity index (χ0v) is 17.4. The lowest BCUT2D eigenvalue weighted by Gasteiger charge is -2.30. The van der Waals surface area contributed by atoms with Gasteiger partial charge in [-0.25, -0.2) is 4.79 Å². The second-order valence-electron chi connectivity index (χ2n) is 7.81. The van der Waals surface area contributed by atoms with Crippen molar-refractivity contribution in [1.82, 2.24) is 9.80 Å². The normalized spacial score (nSPS) is 18.8. The summed E-state index contributed by atoms with van der Waals surface area (Å²) >= 11 is 0. The maximum absolute atomic E-state index is 13.5. The molecule has 1 aliphatic heterocycles. The predicted molar refractivity (Wildman–Crippen MR) is 120 cm³/mol. The first-order chi connectivity index (χ1) is 15.3. The average molecular weight is 430 g/mol. The van der Waals surface area contributed by atoms with Crippen molar-refractivity contribution in [1.29, 1.82) is 0 Å². The van der Waals surface area contributed by atoms with Gasteiger partial charge in [0.2, 0.25) is 0 Å². The Balaban J connectivity index is 1.71. The molecule has 0 aromatic heterocycles. The van der Waals surface area contributed by atoms with Crippen LogP contribution in [-0.4, -0.2) is 45.6 Å². The topological polar surface area (TPSA) is 116 Å². The molecule has 1 atom stereocenters. The van der Waals surface area contributed by atoms with Gasteiger partial charge >= 0.3 is 12.0 Å². The van der Waals surface area contributed by atoms with Crippen molar-refractivity contribution in [2.45, 2.75) is 19.0 Å². The van der Waals surface area contributed by atoms with Crippen molar-refractivity contribution < 1.29 is 19.5 Å². The molecular formula is C24H22N4O4. The third-order valence-electron chi connectivity index (χ3n) is 5.79. The quantitative estimate of drug-likeness (QED) is 0.270. The molecular weight excluding hydrogens is 408 g/mol. The maximum Gasteiger partial charge on any atom is 0.328 e. The Morgan fingerprint density at radius 1 is 1.06 bits per heavy atom. The van der Waals surface area contributed by atoms with Crippen LogP contribution < -0.4 is 5.84 Å². The smallest absolute Gasteiger partial charge is 0.328 e. The van der Waals surface area contributed by atoms with Crippen molar-refractivity contribution in [2.75, 3.05) is 6.54 Å². The number of hydrogen-bond donors (Lipinski definition) is 2. The number of rotatable bonds is 6. The van der Waals surface area contributed by atoms with Crippen molar-refractivity contribution in [3.63, 3.8) is 0 Å². The molecule has 8 heteroatoms. The molecule has 3 aromatic carbocycles. The highest BCUT2D eigenvalue weighted by Crippen LogP contribution is 2.38. The van der Waals surface area contributed by atoms with Crippen molar-refractivity contribution in [2.24, 2.45) is 10.9 Å². The minimum atomic E-state index is -1.40. The van der Waals surface area contributed by atoms with Crippen LogP contribution in [0.5, 0.6) is 0 Å². The Hall–Kier alpha value is -4.20. The highest BCUT2D eigenvalue weighted by Gasteiger charge is 2.55. The molecule has 1 aliphatic rings. The summed E-state index contributed by atoms with van der Waals surface area (Å²) in [6.07, 6.45) is 1.54. The van der Waals surface area contributed by atoms with Gasteiger partial charge in [-0.1, -0.05) is 54.6 Å². The van der Waals surface area contributed by atoms with Gasteiger partial charge in [0.1, 0.15) is 12.1 Å². The Morgan fingerprint density at radius 3 is 2.47 bits per heavy atom. The van der Waals surface area contributed by atoms with E-state index in [1.165, 1.54) is 6.21 Å². The molecule has 0 saturated carbocycles. The molecule has 3 amide bonds. The van der Waals surface area contributed by atoms with E-state index in [2.05, 4.69) is 5.10 Å². The molecule has 32 heavy (non-hydrogen) atoms. The number of carbonyl (C=O) groups is 3. The lowest BCUT2D eigenvalue weighted by Crippen LogP contribution is -2.46. The fourth-order valence-corrected chi connectivity index (χ4v) is 4.11. The van der Waals surface area contributed by atoms with Gasteiger partial charge in [-0.2, -0.15) is 5.10 Å². The van der Waals surface area contributed by atoms with Crippen LogP contribution in [0.1, 0.15) is 23.6 Å². The summed E-state index contributed by atoms with van der Waals surface area (Å²) in [5.74, 6) is 3.59. The van der Waals surface area contributed by atoms with Crippen molar-refractivity contribution >= 4 is 34.9 Å². The molecule has 0 radical (unpaired) electrons. The second-order valence-corrected chi connectivity index (χ2v) is 7.81. The molecule has 1 unspecified atom stereocenters. The molecule has 0 spiro atoms.